The maximum absolute atomic E-state index is 10.9. The highest BCUT2D eigenvalue weighted by atomic mass is 79.9. The molecule has 0 atom stereocenters. The molecule has 19 heavy (non-hydrogen) atoms. The lowest BCUT2D eigenvalue weighted by Crippen LogP contribution is -2.08. The van der Waals surface area contributed by atoms with Crippen LogP contribution in [0.2, 0.25) is 0 Å². The summed E-state index contributed by atoms with van der Waals surface area (Å²) < 4.78 is 0.581. The molecule has 1 N–H and O–H groups in total. The average Bonchev–Trinajstić information content (AvgIpc) is 2.41. The van der Waals surface area contributed by atoms with Crippen molar-refractivity contribution in [3.63, 3.8) is 0 Å². The Morgan fingerprint density at radius 2 is 2.26 bits per heavy atom. The van der Waals surface area contributed by atoms with Crippen molar-refractivity contribution in [1.29, 1.82) is 0 Å². The predicted octanol–water partition coefficient (Wildman–Crippen LogP) is 2.80. The third-order valence-electron chi connectivity index (χ3n) is 2.46. The molecule has 0 amide bonds. The first-order chi connectivity index (χ1) is 9.16. The molecule has 0 bridgehead atoms. The van der Waals surface area contributed by atoms with Gasteiger partial charge in [-0.1, -0.05) is 6.07 Å². The van der Waals surface area contributed by atoms with Crippen molar-refractivity contribution in [2.24, 2.45) is 0 Å². The van der Waals surface area contributed by atoms with Gasteiger partial charge in [0.1, 0.15) is 0 Å². The highest BCUT2D eigenvalue weighted by Crippen LogP contribution is 2.25. The molecule has 0 saturated heterocycles. The second-order valence-electron chi connectivity index (χ2n) is 3.82. The van der Waals surface area contributed by atoms with Crippen LogP contribution >= 0.6 is 15.9 Å². The zero-order valence-corrected chi connectivity index (χ0v) is 11.5. The number of nitrogens with zero attached hydrogens (tertiary/aromatic N) is 3. The molecule has 0 aliphatic rings. The third-order valence-corrected chi connectivity index (χ3v) is 2.89. The van der Waals surface area contributed by atoms with Gasteiger partial charge in [0.15, 0.2) is 0 Å². The number of aromatic nitrogens is 2. The Morgan fingerprint density at radius 1 is 1.42 bits per heavy atom. The Kier molecular flexibility index (Phi) is 4.40. The number of halogens is 1. The lowest BCUT2D eigenvalue weighted by Gasteiger charge is -2.06. The van der Waals surface area contributed by atoms with Crippen molar-refractivity contribution in [3.05, 3.63) is 56.9 Å². The molecule has 0 spiro atoms. The monoisotopic (exact) mass is 322 g/mol. The van der Waals surface area contributed by atoms with Crippen LogP contribution < -0.4 is 5.32 Å². The summed E-state index contributed by atoms with van der Waals surface area (Å²) >= 11 is 3.17. The van der Waals surface area contributed by atoms with E-state index in [2.05, 4.69) is 31.2 Å². The second kappa shape index (κ2) is 6.24. The maximum atomic E-state index is 10.9. The summed E-state index contributed by atoms with van der Waals surface area (Å²) in [6.07, 6.45) is 5.73. The molecule has 0 saturated carbocycles. The topological polar surface area (TPSA) is 81.0 Å². The van der Waals surface area contributed by atoms with Gasteiger partial charge in [-0.05, 0) is 34.0 Å². The normalized spacial score (nSPS) is 10.2. The van der Waals surface area contributed by atoms with Gasteiger partial charge in [0.05, 0.1) is 4.92 Å². The van der Waals surface area contributed by atoms with Crippen LogP contribution in [0, 0.1) is 10.1 Å². The highest BCUT2D eigenvalue weighted by Gasteiger charge is 2.15. The maximum Gasteiger partial charge on any atom is 0.312 e. The Labute approximate surface area is 118 Å². The van der Waals surface area contributed by atoms with Crippen LogP contribution in [0.1, 0.15) is 5.56 Å². The molecule has 0 aromatic carbocycles. The van der Waals surface area contributed by atoms with Crippen LogP contribution in [0.4, 0.5) is 11.5 Å². The first kappa shape index (κ1) is 13.4. The summed E-state index contributed by atoms with van der Waals surface area (Å²) in [6, 6.07) is 5.24. The van der Waals surface area contributed by atoms with Crippen molar-refractivity contribution >= 4 is 27.4 Å². The van der Waals surface area contributed by atoms with Gasteiger partial charge >= 0.3 is 5.69 Å². The number of hydrogen-bond acceptors (Lipinski definition) is 5. The van der Waals surface area contributed by atoms with Gasteiger partial charge in [-0.25, -0.2) is 4.98 Å². The number of nitro groups is 1. The van der Waals surface area contributed by atoms with Gasteiger partial charge in [-0.2, -0.15) is 0 Å². The van der Waals surface area contributed by atoms with Crippen molar-refractivity contribution in [2.45, 2.75) is 6.42 Å². The lowest BCUT2D eigenvalue weighted by atomic mass is 10.2. The average molecular weight is 323 g/mol. The minimum absolute atomic E-state index is 0.0411. The van der Waals surface area contributed by atoms with Crippen LogP contribution in [0.25, 0.3) is 0 Å². The first-order valence-electron chi connectivity index (χ1n) is 5.59. The fourth-order valence-corrected chi connectivity index (χ4v) is 1.89. The fourth-order valence-electron chi connectivity index (χ4n) is 1.58. The summed E-state index contributed by atoms with van der Waals surface area (Å²) in [4.78, 5) is 18.5. The van der Waals surface area contributed by atoms with Crippen LogP contribution in [0.15, 0.2) is 41.3 Å². The lowest BCUT2D eigenvalue weighted by molar-refractivity contribution is -0.384. The van der Waals surface area contributed by atoms with E-state index in [0.717, 1.165) is 12.0 Å². The quantitative estimate of drug-likeness (QED) is 0.676. The van der Waals surface area contributed by atoms with Crippen LogP contribution in [0.5, 0.6) is 0 Å². The SMILES string of the molecule is O=[N+]([O-])c1cc(Br)cnc1NCCc1cccnc1. The van der Waals surface area contributed by atoms with E-state index < -0.39 is 4.92 Å². The smallest absolute Gasteiger partial charge is 0.312 e. The molecule has 6 nitrogen and oxygen atoms in total. The van der Waals surface area contributed by atoms with Crippen molar-refractivity contribution in [1.82, 2.24) is 9.97 Å². The Balaban J connectivity index is 2.02. The summed E-state index contributed by atoms with van der Waals surface area (Å²) in [6.45, 7) is 0.557. The Hall–Kier alpha value is -2.02. The third kappa shape index (κ3) is 3.72. The Bertz CT molecular complexity index is 577. The van der Waals surface area contributed by atoms with E-state index >= 15 is 0 Å². The van der Waals surface area contributed by atoms with E-state index in [0.29, 0.717) is 11.0 Å². The van der Waals surface area contributed by atoms with E-state index in [9.17, 15) is 10.1 Å². The van der Waals surface area contributed by atoms with Gasteiger partial charge in [0.25, 0.3) is 0 Å². The van der Waals surface area contributed by atoms with E-state index in [1.54, 1.807) is 12.4 Å². The fraction of sp³-hybridized carbons (Fsp3) is 0.167. The number of nitrogens with one attached hydrogen (secondary N) is 1. The molecule has 2 rings (SSSR count). The van der Waals surface area contributed by atoms with E-state index in [1.807, 2.05) is 12.1 Å². The Morgan fingerprint density at radius 3 is 2.95 bits per heavy atom. The number of anilines is 1. The second-order valence-corrected chi connectivity index (χ2v) is 4.73. The van der Waals surface area contributed by atoms with Gasteiger partial charge in [0.2, 0.25) is 5.82 Å². The van der Waals surface area contributed by atoms with E-state index in [-0.39, 0.29) is 11.5 Å². The van der Waals surface area contributed by atoms with Crippen molar-refractivity contribution < 1.29 is 4.92 Å². The summed E-state index contributed by atoms with van der Waals surface area (Å²) in [5.41, 5.74) is 1.02. The molecule has 0 radical (unpaired) electrons. The van der Waals surface area contributed by atoms with Gasteiger partial charge in [-0.3, -0.25) is 15.1 Å². The minimum Gasteiger partial charge on any atom is -0.364 e. The van der Waals surface area contributed by atoms with Crippen LogP contribution in [0.3, 0.4) is 0 Å². The van der Waals surface area contributed by atoms with Gasteiger partial charge < -0.3 is 5.32 Å². The van der Waals surface area contributed by atoms with E-state index in [1.165, 1.54) is 12.3 Å². The van der Waals surface area contributed by atoms with Crippen LogP contribution in [-0.2, 0) is 6.42 Å². The van der Waals surface area contributed by atoms with E-state index in [4.69, 9.17) is 0 Å². The summed E-state index contributed by atoms with van der Waals surface area (Å²) in [5.74, 6) is 0.275. The number of rotatable bonds is 5. The molecule has 2 heterocycles. The zero-order chi connectivity index (χ0) is 13.7. The molecule has 0 aliphatic heterocycles. The molecule has 2 aromatic heterocycles. The summed E-state index contributed by atoms with van der Waals surface area (Å²) in [7, 11) is 0. The molecule has 0 fully saturated rings. The molecule has 0 unspecified atom stereocenters. The zero-order valence-electron chi connectivity index (χ0n) is 9.91. The molecular formula is C12H11BrN4O2. The highest BCUT2D eigenvalue weighted by molar-refractivity contribution is 9.10. The molecule has 2 aromatic rings. The molecule has 98 valence electrons. The number of pyridine rings is 2. The molecule has 0 aliphatic carbocycles. The molecular weight excluding hydrogens is 312 g/mol. The number of hydrogen-bond donors (Lipinski definition) is 1. The minimum atomic E-state index is -0.454. The standard InChI is InChI=1S/C12H11BrN4O2/c13-10-6-11(17(18)19)12(16-8-10)15-5-3-9-2-1-4-14-7-9/h1-2,4,6-8H,3,5H2,(H,15,16). The largest absolute Gasteiger partial charge is 0.364 e. The van der Waals surface area contributed by atoms with Crippen LogP contribution in [-0.4, -0.2) is 21.4 Å². The summed E-state index contributed by atoms with van der Waals surface area (Å²) in [5, 5.41) is 13.9. The molecule has 7 heteroatoms. The first-order valence-corrected chi connectivity index (χ1v) is 6.39. The van der Waals surface area contributed by atoms with Gasteiger partial charge in [-0.15, -0.1) is 0 Å². The van der Waals surface area contributed by atoms with Crippen molar-refractivity contribution in [2.75, 3.05) is 11.9 Å². The van der Waals surface area contributed by atoms with Crippen molar-refractivity contribution in [3.8, 4) is 0 Å². The predicted molar refractivity (Wildman–Crippen MR) is 75.0 cm³/mol. The van der Waals surface area contributed by atoms with Gasteiger partial charge in [0, 0.05) is 35.7 Å².